The molecule has 2 aromatic rings. The third kappa shape index (κ3) is 3.28. The van der Waals surface area contributed by atoms with Crippen molar-refractivity contribution < 1.29 is 13.9 Å². The van der Waals surface area contributed by atoms with Gasteiger partial charge < -0.3 is 14.5 Å². The van der Waals surface area contributed by atoms with Crippen LogP contribution in [0.5, 0.6) is 0 Å². The number of benzene rings is 1. The van der Waals surface area contributed by atoms with Gasteiger partial charge in [0.2, 0.25) is 0 Å². The van der Waals surface area contributed by atoms with Crippen molar-refractivity contribution in [1.82, 2.24) is 5.32 Å². The van der Waals surface area contributed by atoms with Gasteiger partial charge in [-0.15, -0.1) is 0 Å². The van der Waals surface area contributed by atoms with E-state index in [0.29, 0.717) is 6.04 Å². The molecule has 0 aliphatic heterocycles. The molecular formula is C18H19NO3. The second-order valence-electron chi connectivity index (χ2n) is 5.37. The Bertz CT molecular complexity index is 674. The van der Waals surface area contributed by atoms with Crippen molar-refractivity contribution in [2.45, 2.75) is 25.4 Å². The number of nitrogens with one attached hydrogen (secondary N) is 1. The third-order valence-corrected chi connectivity index (χ3v) is 3.96. The van der Waals surface area contributed by atoms with Crippen molar-refractivity contribution in [2.75, 3.05) is 7.11 Å². The van der Waals surface area contributed by atoms with Crippen molar-refractivity contribution in [2.24, 2.45) is 0 Å². The lowest BCUT2D eigenvalue weighted by atomic mass is 10.0. The molecule has 3 rings (SSSR count). The third-order valence-electron chi connectivity index (χ3n) is 3.96. The monoisotopic (exact) mass is 297 g/mol. The zero-order valence-corrected chi connectivity index (χ0v) is 12.5. The molecule has 0 bridgehead atoms. The van der Waals surface area contributed by atoms with E-state index in [4.69, 9.17) is 4.42 Å². The summed E-state index contributed by atoms with van der Waals surface area (Å²) in [6, 6.07) is 10.6. The number of furan rings is 1. The fourth-order valence-corrected chi connectivity index (χ4v) is 2.82. The van der Waals surface area contributed by atoms with E-state index in [-0.39, 0.29) is 5.97 Å². The fourth-order valence-electron chi connectivity index (χ4n) is 2.82. The Morgan fingerprint density at radius 1 is 1.45 bits per heavy atom. The number of hydrogen-bond donors (Lipinski definition) is 1. The smallest absolute Gasteiger partial charge is 0.330 e. The fraction of sp³-hybridized carbons (Fsp3) is 0.278. The second-order valence-corrected chi connectivity index (χ2v) is 5.37. The predicted octanol–water partition coefficient (Wildman–Crippen LogP) is 3.24. The minimum atomic E-state index is -0.335. The van der Waals surface area contributed by atoms with Crippen molar-refractivity contribution in [3.63, 3.8) is 0 Å². The van der Waals surface area contributed by atoms with Gasteiger partial charge in [0.15, 0.2) is 0 Å². The molecule has 1 heterocycles. The number of carbonyl (C=O) groups is 1. The molecule has 0 saturated carbocycles. The van der Waals surface area contributed by atoms with Crippen molar-refractivity contribution in [1.29, 1.82) is 0 Å². The molecule has 0 fully saturated rings. The average Bonchev–Trinajstić information content (AvgIpc) is 3.19. The lowest BCUT2D eigenvalue weighted by Gasteiger charge is -2.13. The number of hydrogen-bond acceptors (Lipinski definition) is 4. The Balaban J connectivity index is 1.67. The molecule has 22 heavy (non-hydrogen) atoms. The second kappa shape index (κ2) is 6.62. The summed E-state index contributed by atoms with van der Waals surface area (Å²) in [6.07, 6.45) is 7.06. The van der Waals surface area contributed by atoms with Crippen molar-refractivity contribution in [3.05, 3.63) is 65.1 Å². The Hall–Kier alpha value is -2.33. The first-order chi connectivity index (χ1) is 10.8. The summed E-state index contributed by atoms with van der Waals surface area (Å²) in [5, 5.41) is 3.53. The van der Waals surface area contributed by atoms with Crippen LogP contribution in [0.3, 0.4) is 0 Å². The number of ether oxygens (including phenoxy) is 1. The van der Waals surface area contributed by atoms with E-state index in [9.17, 15) is 4.79 Å². The molecule has 1 N–H and O–H groups in total. The molecule has 1 unspecified atom stereocenters. The lowest BCUT2D eigenvalue weighted by molar-refractivity contribution is -0.134. The highest BCUT2D eigenvalue weighted by Gasteiger charge is 2.22. The molecule has 0 spiro atoms. The topological polar surface area (TPSA) is 51.5 Å². The van der Waals surface area contributed by atoms with Crippen LogP contribution in [0.2, 0.25) is 0 Å². The summed E-state index contributed by atoms with van der Waals surface area (Å²) >= 11 is 0. The van der Waals surface area contributed by atoms with Crippen LogP contribution >= 0.6 is 0 Å². The number of aryl methyl sites for hydroxylation is 1. The molecular weight excluding hydrogens is 278 g/mol. The quantitative estimate of drug-likeness (QED) is 0.680. The zero-order chi connectivity index (χ0) is 15.4. The van der Waals surface area contributed by atoms with Crippen LogP contribution in [0.1, 0.15) is 34.9 Å². The standard InChI is InChI=1S/C18H19NO3/c1-21-18(20)9-5-13-4-7-16-14(11-13)6-8-17(16)19-12-15-3-2-10-22-15/h2-5,7,9-11,17,19H,6,8,12H2,1H3/b9-5+. The molecule has 1 atom stereocenters. The summed E-state index contributed by atoms with van der Waals surface area (Å²) in [6.45, 7) is 0.737. The molecule has 4 heteroatoms. The summed E-state index contributed by atoms with van der Waals surface area (Å²) in [5.41, 5.74) is 3.70. The van der Waals surface area contributed by atoms with Crippen LogP contribution in [0.25, 0.3) is 6.08 Å². The highest BCUT2D eigenvalue weighted by atomic mass is 16.5. The summed E-state index contributed by atoms with van der Waals surface area (Å²) in [5.74, 6) is 0.615. The van der Waals surface area contributed by atoms with Gasteiger partial charge >= 0.3 is 5.97 Å². The van der Waals surface area contributed by atoms with Gasteiger partial charge in [-0.2, -0.15) is 0 Å². The molecule has 114 valence electrons. The van der Waals surface area contributed by atoms with E-state index >= 15 is 0 Å². The first-order valence-electron chi connectivity index (χ1n) is 7.41. The van der Waals surface area contributed by atoms with Crippen LogP contribution < -0.4 is 5.32 Å². The van der Waals surface area contributed by atoms with E-state index in [2.05, 4.69) is 22.2 Å². The maximum atomic E-state index is 11.1. The highest BCUT2D eigenvalue weighted by Crippen LogP contribution is 2.32. The zero-order valence-electron chi connectivity index (χ0n) is 12.5. The maximum Gasteiger partial charge on any atom is 0.330 e. The maximum absolute atomic E-state index is 11.1. The molecule has 1 aromatic carbocycles. The number of rotatable bonds is 5. The van der Waals surface area contributed by atoms with Crippen LogP contribution in [-0.2, 0) is 22.5 Å². The van der Waals surface area contributed by atoms with Crippen LogP contribution in [-0.4, -0.2) is 13.1 Å². The molecule has 1 aliphatic carbocycles. The normalized spacial score (nSPS) is 16.9. The van der Waals surface area contributed by atoms with E-state index in [1.807, 2.05) is 18.2 Å². The van der Waals surface area contributed by atoms with Gasteiger partial charge in [0.05, 0.1) is 19.9 Å². The van der Waals surface area contributed by atoms with Gasteiger partial charge in [-0.1, -0.05) is 18.2 Å². The molecule has 0 amide bonds. The molecule has 4 nitrogen and oxygen atoms in total. The van der Waals surface area contributed by atoms with E-state index in [1.165, 1.54) is 24.3 Å². The minimum Gasteiger partial charge on any atom is -0.468 e. The Kier molecular flexibility index (Phi) is 4.39. The SMILES string of the molecule is COC(=O)/C=C/c1ccc2c(c1)CCC2NCc1ccco1. The van der Waals surface area contributed by atoms with Gasteiger partial charge in [0, 0.05) is 12.1 Å². The van der Waals surface area contributed by atoms with Gasteiger partial charge in [-0.05, 0) is 47.7 Å². The van der Waals surface area contributed by atoms with Crippen LogP contribution in [0.4, 0.5) is 0 Å². The van der Waals surface area contributed by atoms with E-state index in [1.54, 1.807) is 12.3 Å². The van der Waals surface area contributed by atoms with Gasteiger partial charge in [0.1, 0.15) is 5.76 Å². The molecule has 1 aliphatic rings. The molecule has 1 aromatic heterocycles. The largest absolute Gasteiger partial charge is 0.468 e. The first-order valence-corrected chi connectivity index (χ1v) is 7.41. The Morgan fingerprint density at radius 2 is 2.36 bits per heavy atom. The van der Waals surface area contributed by atoms with Crippen LogP contribution in [0.15, 0.2) is 47.1 Å². The lowest BCUT2D eigenvalue weighted by Crippen LogP contribution is -2.18. The number of fused-ring (bicyclic) bond motifs is 1. The summed E-state index contributed by atoms with van der Waals surface area (Å²) in [7, 11) is 1.38. The Morgan fingerprint density at radius 3 is 3.14 bits per heavy atom. The number of methoxy groups -OCH3 is 1. The first kappa shape index (κ1) is 14.6. The predicted molar refractivity (Wildman–Crippen MR) is 84.1 cm³/mol. The van der Waals surface area contributed by atoms with Gasteiger partial charge in [-0.3, -0.25) is 0 Å². The van der Waals surface area contributed by atoms with Crippen molar-refractivity contribution >= 4 is 12.0 Å². The van der Waals surface area contributed by atoms with E-state index < -0.39 is 0 Å². The van der Waals surface area contributed by atoms with Crippen molar-refractivity contribution in [3.8, 4) is 0 Å². The highest BCUT2D eigenvalue weighted by molar-refractivity contribution is 5.86. The van der Waals surface area contributed by atoms with Gasteiger partial charge in [-0.25, -0.2) is 4.79 Å². The number of esters is 1. The molecule has 0 radical (unpaired) electrons. The average molecular weight is 297 g/mol. The summed E-state index contributed by atoms with van der Waals surface area (Å²) < 4.78 is 9.95. The summed E-state index contributed by atoms with van der Waals surface area (Å²) in [4.78, 5) is 11.1. The van der Waals surface area contributed by atoms with Gasteiger partial charge in [0.25, 0.3) is 0 Å². The van der Waals surface area contributed by atoms with Crippen LogP contribution in [0, 0.1) is 0 Å². The number of carbonyl (C=O) groups excluding carboxylic acids is 1. The molecule has 0 saturated heterocycles. The minimum absolute atomic E-state index is 0.335. The Labute approximate surface area is 129 Å². The van der Waals surface area contributed by atoms with E-state index in [0.717, 1.165) is 30.7 Å².